The average molecular weight is 356 g/mol. The SMILES string of the molecule is Cc1ccc(S(=O)(=O)NCc2cccc(-c3c(C)noc3C)c2)cc1. The average Bonchev–Trinajstić information content (AvgIpc) is 2.92. The molecule has 1 heterocycles. The molecule has 0 aliphatic heterocycles. The second kappa shape index (κ2) is 6.82. The lowest BCUT2D eigenvalue weighted by Gasteiger charge is -2.09. The molecule has 0 saturated heterocycles. The highest BCUT2D eigenvalue weighted by molar-refractivity contribution is 7.89. The third kappa shape index (κ3) is 3.81. The Hall–Kier alpha value is -2.44. The van der Waals surface area contributed by atoms with Crippen LogP contribution in [0.1, 0.15) is 22.6 Å². The van der Waals surface area contributed by atoms with Gasteiger partial charge in [-0.25, -0.2) is 13.1 Å². The molecule has 0 aliphatic rings. The van der Waals surface area contributed by atoms with Gasteiger partial charge in [-0.2, -0.15) is 0 Å². The standard InChI is InChI=1S/C19H20N2O3S/c1-13-7-9-18(10-8-13)25(22,23)20-12-16-5-4-6-17(11-16)19-14(2)21-24-15(19)3/h4-11,20H,12H2,1-3H3. The van der Waals surface area contributed by atoms with Gasteiger partial charge in [0.05, 0.1) is 10.6 Å². The Balaban J connectivity index is 1.80. The molecule has 0 amide bonds. The molecule has 0 fully saturated rings. The van der Waals surface area contributed by atoms with Gasteiger partial charge in [-0.1, -0.05) is 41.1 Å². The number of hydrogen-bond donors (Lipinski definition) is 1. The third-order valence-corrected chi connectivity index (χ3v) is 5.46. The molecule has 0 radical (unpaired) electrons. The first kappa shape index (κ1) is 17.4. The number of rotatable bonds is 5. The van der Waals surface area contributed by atoms with Crippen molar-refractivity contribution in [2.45, 2.75) is 32.2 Å². The Kier molecular flexibility index (Phi) is 4.74. The number of hydrogen-bond acceptors (Lipinski definition) is 4. The molecule has 2 aromatic carbocycles. The van der Waals surface area contributed by atoms with Gasteiger partial charge in [-0.15, -0.1) is 0 Å². The minimum Gasteiger partial charge on any atom is -0.361 e. The second-order valence-electron chi connectivity index (χ2n) is 6.04. The lowest BCUT2D eigenvalue weighted by atomic mass is 10.0. The van der Waals surface area contributed by atoms with Gasteiger partial charge in [-0.3, -0.25) is 0 Å². The molecule has 3 aromatic rings. The van der Waals surface area contributed by atoms with Crippen molar-refractivity contribution in [1.29, 1.82) is 0 Å². The van der Waals surface area contributed by atoms with E-state index >= 15 is 0 Å². The maximum atomic E-state index is 12.4. The first-order valence-corrected chi connectivity index (χ1v) is 9.43. The molecular formula is C19H20N2O3S. The van der Waals surface area contributed by atoms with E-state index in [1.54, 1.807) is 24.3 Å². The molecule has 0 aliphatic carbocycles. The van der Waals surface area contributed by atoms with E-state index in [2.05, 4.69) is 9.88 Å². The number of nitrogens with one attached hydrogen (secondary N) is 1. The van der Waals surface area contributed by atoms with Crippen molar-refractivity contribution in [2.75, 3.05) is 0 Å². The molecule has 3 rings (SSSR count). The van der Waals surface area contributed by atoms with Gasteiger partial charge in [0.25, 0.3) is 0 Å². The summed E-state index contributed by atoms with van der Waals surface area (Å²) in [6.45, 7) is 5.89. The summed E-state index contributed by atoms with van der Waals surface area (Å²) in [7, 11) is -3.54. The Morgan fingerprint density at radius 1 is 1.04 bits per heavy atom. The van der Waals surface area contributed by atoms with Gasteiger partial charge in [0, 0.05) is 12.1 Å². The summed E-state index contributed by atoms with van der Waals surface area (Å²) in [6, 6.07) is 14.5. The molecule has 1 aromatic heterocycles. The van der Waals surface area contributed by atoms with Crippen LogP contribution in [-0.4, -0.2) is 13.6 Å². The Bertz CT molecular complexity index is 970. The van der Waals surface area contributed by atoms with Crippen LogP contribution in [0.2, 0.25) is 0 Å². The highest BCUT2D eigenvalue weighted by Crippen LogP contribution is 2.27. The topological polar surface area (TPSA) is 72.2 Å². The number of benzene rings is 2. The van der Waals surface area contributed by atoms with Crippen LogP contribution in [0.15, 0.2) is 57.9 Å². The zero-order valence-corrected chi connectivity index (χ0v) is 15.2. The second-order valence-corrected chi connectivity index (χ2v) is 7.80. The van der Waals surface area contributed by atoms with E-state index in [4.69, 9.17) is 4.52 Å². The summed E-state index contributed by atoms with van der Waals surface area (Å²) in [5.41, 5.74) is 4.61. The molecule has 0 bridgehead atoms. The van der Waals surface area contributed by atoms with Crippen molar-refractivity contribution in [3.63, 3.8) is 0 Å². The summed E-state index contributed by atoms with van der Waals surface area (Å²) in [5.74, 6) is 0.745. The molecule has 6 heteroatoms. The van der Waals surface area contributed by atoms with Crippen molar-refractivity contribution >= 4 is 10.0 Å². The Morgan fingerprint density at radius 2 is 1.76 bits per heavy atom. The first-order valence-electron chi connectivity index (χ1n) is 7.95. The Morgan fingerprint density at radius 3 is 2.40 bits per heavy atom. The molecule has 1 N–H and O–H groups in total. The highest BCUT2D eigenvalue weighted by atomic mass is 32.2. The number of aromatic nitrogens is 1. The molecule has 5 nitrogen and oxygen atoms in total. The minimum atomic E-state index is -3.54. The quantitative estimate of drug-likeness (QED) is 0.756. The van der Waals surface area contributed by atoms with E-state index in [1.807, 2.05) is 45.0 Å². The molecule has 130 valence electrons. The van der Waals surface area contributed by atoms with E-state index in [0.717, 1.165) is 33.7 Å². The molecule has 0 atom stereocenters. The first-order chi connectivity index (χ1) is 11.9. The molecular weight excluding hydrogens is 336 g/mol. The summed E-state index contributed by atoms with van der Waals surface area (Å²) in [5, 5.41) is 3.97. The van der Waals surface area contributed by atoms with Crippen LogP contribution in [-0.2, 0) is 16.6 Å². The molecule has 0 saturated carbocycles. The Labute approximate surface area is 147 Å². The van der Waals surface area contributed by atoms with Crippen molar-refractivity contribution in [2.24, 2.45) is 0 Å². The zero-order valence-electron chi connectivity index (χ0n) is 14.4. The van der Waals surface area contributed by atoms with Crippen LogP contribution in [0.3, 0.4) is 0 Å². The summed E-state index contributed by atoms with van der Waals surface area (Å²) < 4.78 is 32.7. The lowest BCUT2D eigenvalue weighted by Crippen LogP contribution is -2.23. The number of aryl methyl sites for hydroxylation is 3. The summed E-state index contributed by atoms with van der Waals surface area (Å²) >= 11 is 0. The fourth-order valence-corrected chi connectivity index (χ4v) is 3.73. The third-order valence-electron chi connectivity index (χ3n) is 4.05. The van der Waals surface area contributed by atoms with Gasteiger partial charge < -0.3 is 4.52 Å². The fraction of sp³-hybridized carbons (Fsp3) is 0.211. The van der Waals surface area contributed by atoms with Crippen LogP contribution < -0.4 is 4.72 Å². The molecule has 0 unspecified atom stereocenters. The van der Waals surface area contributed by atoms with Crippen molar-refractivity contribution in [1.82, 2.24) is 9.88 Å². The predicted octanol–water partition coefficient (Wildman–Crippen LogP) is 3.75. The molecule has 0 spiro atoms. The van der Waals surface area contributed by atoms with Gasteiger partial charge in [0.15, 0.2) is 0 Å². The number of nitrogens with zero attached hydrogens (tertiary/aromatic N) is 1. The monoisotopic (exact) mass is 356 g/mol. The summed E-state index contributed by atoms with van der Waals surface area (Å²) in [6.07, 6.45) is 0. The maximum absolute atomic E-state index is 12.4. The van der Waals surface area contributed by atoms with Crippen molar-refractivity contribution in [3.8, 4) is 11.1 Å². The predicted molar refractivity (Wildman–Crippen MR) is 96.6 cm³/mol. The highest BCUT2D eigenvalue weighted by Gasteiger charge is 2.15. The van der Waals surface area contributed by atoms with Crippen molar-refractivity contribution < 1.29 is 12.9 Å². The normalized spacial score (nSPS) is 11.6. The largest absolute Gasteiger partial charge is 0.361 e. The number of sulfonamides is 1. The van der Waals surface area contributed by atoms with Crippen LogP contribution in [0.25, 0.3) is 11.1 Å². The van der Waals surface area contributed by atoms with Gasteiger partial charge in [0.1, 0.15) is 5.76 Å². The van der Waals surface area contributed by atoms with Gasteiger partial charge in [0.2, 0.25) is 10.0 Å². The smallest absolute Gasteiger partial charge is 0.240 e. The van der Waals surface area contributed by atoms with Gasteiger partial charge in [-0.05, 0) is 50.1 Å². The van der Waals surface area contributed by atoms with E-state index in [9.17, 15) is 8.42 Å². The van der Waals surface area contributed by atoms with E-state index in [1.165, 1.54) is 0 Å². The van der Waals surface area contributed by atoms with Crippen molar-refractivity contribution in [3.05, 3.63) is 71.1 Å². The molecule has 25 heavy (non-hydrogen) atoms. The zero-order chi connectivity index (χ0) is 18.0. The summed E-state index contributed by atoms with van der Waals surface area (Å²) in [4.78, 5) is 0.264. The van der Waals surface area contributed by atoms with Crippen LogP contribution in [0.4, 0.5) is 0 Å². The van der Waals surface area contributed by atoms with E-state index in [-0.39, 0.29) is 11.4 Å². The van der Waals surface area contributed by atoms with Crippen LogP contribution >= 0.6 is 0 Å². The maximum Gasteiger partial charge on any atom is 0.240 e. The minimum absolute atomic E-state index is 0.216. The van der Waals surface area contributed by atoms with Crippen LogP contribution in [0.5, 0.6) is 0 Å². The van der Waals surface area contributed by atoms with Gasteiger partial charge >= 0.3 is 0 Å². The van der Waals surface area contributed by atoms with E-state index in [0.29, 0.717) is 0 Å². The van der Waals surface area contributed by atoms with Crippen LogP contribution in [0, 0.1) is 20.8 Å². The van der Waals surface area contributed by atoms with E-state index < -0.39 is 10.0 Å². The fourth-order valence-electron chi connectivity index (χ4n) is 2.71. The lowest BCUT2D eigenvalue weighted by molar-refractivity contribution is 0.393.